The number of rotatable bonds is 4. The number of hydrogen-bond donors (Lipinski definition) is 4. The zero-order valence-corrected chi connectivity index (χ0v) is 9.45. The van der Waals surface area contributed by atoms with Crippen LogP contribution < -0.4 is 16.0 Å². The number of carbonyl (C=O) groups is 2. The summed E-state index contributed by atoms with van der Waals surface area (Å²) in [6, 6.07) is -0.432. The van der Waals surface area contributed by atoms with Gasteiger partial charge in [0.05, 0.1) is 6.42 Å². The lowest BCUT2D eigenvalue weighted by molar-refractivity contribution is -0.137. The van der Waals surface area contributed by atoms with Gasteiger partial charge in [0, 0.05) is 12.1 Å². The summed E-state index contributed by atoms with van der Waals surface area (Å²) in [6.45, 7) is 3.50. The van der Waals surface area contributed by atoms with Crippen molar-refractivity contribution < 1.29 is 14.7 Å². The molecule has 1 unspecified atom stereocenters. The Hall–Kier alpha value is -1.30. The summed E-state index contributed by atoms with van der Waals surface area (Å²) >= 11 is 0. The highest BCUT2D eigenvalue weighted by molar-refractivity contribution is 5.75. The van der Waals surface area contributed by atoms with Gasteiger partial charge in [-0.2, -0.15) is 0 Å². The first kappa shape index (κ1) is 12.8. The lowest BCUT2D eigenvalue weighted by atomic mass is 10.1. The Morgan fingerprint density at radius 2 is 2.06 bits per heavy atom. The van der Waals surface area contributed by atoms with Gasteiger partial charge in [-0.3, -0.25) is 4.79 Å². The van der Waals surface area contributed by atoms with Gasteiger partial charge >= 0.3 is 12.0 Å². The van der Waals surface area contributed by atoms with E-state index in [1.807, 2.05) is 0 Å². The van der Waals surface area contributed by atoms with Crippen LogP contribution in [0, 0.1) is 0 Å². The molecule has 1 rings (SSSR count). The summed E-state index contributed by atoms with van der Waals surface area (Å²) in [7, 11) is 0. The zero-order valence-electron chi connectivity index (χ0n) is 9.45. The first-order valence-corrected chi connectivity index (χ1v) is 5.57. The number of carbonyl (C=O) groups excluding carboxylic acids is 1. The lowest BCUT2D eigenvalue weighted by Crippen LogP contribution is -2.49. The number of carboxylic acid groups (broad SMARTS) is 1. The van der Waals surface area contributed by atoms with Gasteiger partial charge in [0.25, 0.3) is 0 Å². The van der Waals surface area contributed by atoms with E-state index in [9.17, 15) is 9.59 Å². The molecule has 4 N–H and O–H groups in total. The molecule has 0 saturated carbocycles. The van der Waals surface area contributed by atoms with Gasteiger partial charge in [-0.1, -0.05) is 0 Å². The molecule has 1 aliphatic rings. The molecule has 1 heterocycles. The minimum Gasteiger partial charge on any atom is -0.481 e. The van der Waals surface area contributed by atoms with Gasteiger partial charge in [0.15, 0.2) is 0 Å². The Kier molecular flexibility index (Phi) is 5.04. The quantitative estimate of drug-likeness (QED) is 0.542. The van der Waals surface area contributed by atoms with Crippen molar-refractivity contribution in [2.75, 3.05) is 13.1 Å². The maximum Gasteiger partial charge on any atom is 0.315 e. The number of carboxylic acids is 1. The van der Waals surface area contributed by atoms with Crippen molar-refractivity contribution in [2.24, 2.45) is 0 Å². The number of nitrogens with one attached hydrogen (secondary N) is 3. The van der Waals surface area contributed by atoms with E-state index < -0.39 is 5.97 Å². The van der Waals surface area contributed by atoms with E-state index in [1.165, 1.54) is 0 Å². The van der Waals surface area contributed by atoms with E-state index in [0.29, 0.717) is 0 Å². The molecule has 92 valence electrons. The third-order valence-electron chi connectivity index (χ3n) is 2.53. The van der Waals surface area contributed by atoms with Crippen LogP contribution in [0.1, 0.15) is 26.2 Å². The zero-order chi connectivity index (χ0) is 12.0. The van der Waals surface area contributed by atoms with Crippen LogP contribution in [0.5, 0.6) is 0 Å². The molecular formula is C10H19N3O3. The second-order valence-corrected chi connectivity index (χ2v) is 4.14. The molecule has 0 radical (unpaired) electrons. The van der Waals surface area contributed by atoms with Crippen molar-refractivity contribution in [3.63, 3.8) is 0 Å². The summed E-state index contributed by atoms with van der Waals surface area (Å²) in [5.41, 5.74) is 0. The van der Waals surface area contributed by atoms with Crippen LogP contribution in [0.2, 0.25) is 0 Å². The molecule has 6 heteroatoms. The normalized spacial score (nSPS) is 18.8. The molecule has 2 amide bonds. The van der Waals surface area contributed by atoms with Crippen LogP contribution in [0.3, 0.4) is 0 Å². The molecule has 0 aromatic rings. The molecule has 0 aliphatic carbocycles. The summed E-state index contributed by atoms with van der Waals surface area (Å²) in [6.07, 6.45) is 1.78. The topological polar surface area (TPSA) is 90.5 Å². The van der Waals surface area contributed by atoms with E-state index in [1.54, 1.807) is 6.92 Å². The smallest absolute Gasteiger partial charge is 0.315 e. The van der Waals surface area contributed by atoms with Gasteiger partial charge in [-0.05, 0) is 32.9 Å². The van der Waals surface area contributed by atoms with E-state index in [-0.39, 0.29) is 24.5 Å². The van der Waals surface area contributed by atoms with E-state index in [4.69, 9.17) is 5.11 Å². The van der Waals surface area contributed by atoms with Gasteiger partial charge < -0.3 is 21.1 Å². The minimum absolute atomic E-state index is 0.0559. The summed E-state index contributed by atoms with van der Waals surface area (Å²) in [5.74, 6) is -0.908. The number of piperidine rings is 1. The largest absolute Gasteiger partial charge is 0.481 e. The van der Waals surface area contributed by atoms with Crippen molar-refractivity contribution in [2.45, 2.75) is 38.3 Å². The Labute approximate surface area is 94.8 Å². The van der Waals surface area contributed by atoms with Gasteiger partial charge in [-0.15, -0.1) is 0 Å². The maximum absolute atomic E-state index is 11.5. The van der Waals surface area contributed by atoms with Crippen LogP contribution in [-0.4, -0.2) is 42.3 Å². The highest BCUT2D eigenvalue weighted by atomic mass is 16.4. The van der Waals surface area contributed by atoms with E-state index in [2.05, 4.69) is 16.0 Å². The van der Waals surface area contributed by atoms with Crippen LogP contribution in [-0.2, 0) is 4.79 Å². The minimum atomic E-state index is -0.908. The third-order valence-corrected chi connectivity index (χ3v) is 2.53. The number of urea groups is 1. The molecule has 1 fully saturated rings. The van der Waals surface area contributed by atoms with Crippen molar-refractivity contribution >= 4 is 12.0 Å². The Morgan fingerprint density at radius 1 is 1.44 bits per heavy atom. The third kappa shape index (κ3) is 4.97. The summed E-state index contributed by atoms with van der Waals surface area (Å²) in [4.78, 5) is 21.9. The van der Waals surface area contributed by atoms with Gasteiger partial charge in [-0.25, -0.2) is 4.79 Å². The molecule has 0 aromatic heterocycles. The molecule has 1 aliphatic heterocycles. The molecule has 0 spiro atoms. The van der Waals surface area contributed by atoms with Gasteiger partial charge in [0.1, 0.15) is 0 Å². The Morgan fingerprint density at radius 3 is 2.62 bits per heavy atom. The molecular weight excluding hydrogens is 210 g/mol. The summed E-state index contributed by atoms with van der Waals surface area (Å²) in [5, 5.41) is 17.2. The van der Waals surface area contributed by atoms with Crippen molar-refractivity contribution in [3.05, 3.63) is 0 Å². The molecule has 1 atom stereocenters. The molecule has 0 bridgehead atoms. The standard InChI is InChI=1S/C10H19N3O3/c1-7(6-9(14)15)12-10(16)13-8-2-4-11-5-3-8/h7-8,11H,2-6H2,1H3,(H,14,15)(H2,12,13,16). The summed E-state index contributed by atoms with van der Waals surface area (Å²) < 4.78 is 0. The highest BCUT2D eigenvalue weighted by Crippen LogP contribution is 2.01. The second-order valence-electron chi connectivity index (χ2n) is 4.14. The fourth-order valence-electron chi connectivity index (χ4n) is 1.73. The van der Waals surface area contributed by atoms with E-state index >= 15 is 0 Å². The molecule has 0 aromatic carbocycles. The predicted octanol–water partition coefficient (Wildman–Crippen LogP) is -0.0992. The SMILES string of the molecule is CC(CC(=O)O)NC(=O)NC1CCNCC1. The predicted molar refractivity (Wildman–Crippen MR) is 59.3 cm³/mol. The molecule has 16 heavy (non-hydrogen) atoms. The maximum atomic E-state index is 11.5. The Bertz CT molecular complexity index is 252. The molecule has 1 saturated heterocycles. The molecule has 6 nitrogen and oxygen atoms in total. The fourth-order valence-corrected chi connectivity index (χ4v) is 1.73. The monoisotopic (exact) mass is 229 g/mol. The first-order valence-electron chi connectivity index (χ1n) is 5.57. The number of hydrogen-bond acceptors (Lipinski definition) is 3. The first-order chi connectivity index (χ1) is 7.58. The van der Waals surface area contributed by atoms with Crippen LogP contribution >= 0.6 is 0 Å². The lowest BCUT2D eigenvalue weighted by Gasteiger charge is -2.24. The number of amides is 2. The average Bonchev–Trinajstić information content (AvgIpc) is 2.17. The van der Waals surface area contributed by atoms with E-state index in [0.717, 1.165) is 25.9 Å². The Balaban J connectivity index is 2.21. The van der Waals surface area contributed by atoms with Crippen LogP contribution in [0.15, 0.2) is 0 Å². The average molecular weight is 229 g/mol. The van der Waals surface area contributed by atoms with Crippen molar-refractivity contribution in [3.8, 4) is 0 Å². The second kappa shape index (κ2) is 6.32. The van der Waals surface area contributed by atoms with Crippen molar-refractivity contribution in [1.82, 2.24) is 16.0 Å². The fraction of sp³-hybridized carbons (Fsp3) is 0.800. The van der Waals surface area contributed by atoms with Crippen molar-refractivity contribution in [1.29, 1.82) is 0 Å². The van der Waals surface area contributed by atoms with Crippen LogP contribution in [0.4, 0.5) is 4.79 Å². The van der Waals surface area contributed by atoms with Crippen LogP contribution in [0.25, 0.3) is 0 Å². The highest BCUT2D eigenvalue weighted by Gasteiger charge is 2.16. The van der Waals surface area contributed by atoms with Gasteiger partial charge in [0.2, 0.25) is 0 Å². The number of aliphatic carboxylic acids is 1.